The van der Waals surface area contributed by atoms with Gasteiger partial charge in [0, 0.05) is 11.8 Å². The molecule has 0 unspecified atom stereocenters. The molecule has 0 saturated carbocycles. The zero-order valence-corrected chi connectivity index (χ0v) is 14.4. The van der Waals surface area contributed by atoms with Gasteiger partial charge in [-0.3, -0.25) is 4.79 Å². The summed E-state index contributed by atoms with van der Waals surface area (Å²) in [6, 6.07) is 12.6. The van der Waals surface area contributed by atoms with Crippen molar-refractivity contribution in [2.75, 3.05) is 29.0 Å². The van der Waals surface area contributed by atoms with Gasteiger partial charge in [0.05, 0.1) is 29.5 Å². The molecule has 0 bridgehead atoms. The molecule has 2 aromatic rings. The topological polar surface area (TPSA) is 67.6 Å². The molecular weight excluding hydrogens is 326 g/mol. The lowest BCUT2D eigenvalue weighted by molar-refractivity contribution is -0.115. The van der Waals surface area contributed by atoms with Crippen LogP contribution in [0.4, 0.5) is 17.1 Å². The van der Waals surface area contributed by atoms with Gasteiger partial charge in [0.25, 0.3) is 0 Å². The first-order valence-electron chi connectivity index (χ1n) is 7.72. The number of fused-ring (bicyclic) bond motifs is 1. The molecule has 1 amide bonds. The number of ether oxygens (including phenoxy) is 1. The molecule has 126 valence electrons. The summed E-state index contributed by atoms with van der Waals surface area (Å²) >= 11 is 6.09. The van der Waals surface area contributed by atoms with Crippen LogP contribution in [0.5, 0.6) is 5.75 Å². The molecule has 0 atom stereocenters. The predicted molar refractivity (Wildman–Crippen MR) is 97.9 cm³/mol. The van der Waals surface area contributed by atoms with Gasteiger partial charge in [-0.1, -0.05) is 23.7 Å². The standard InChI is InChI=1S/C18H20ClN3O2/c1-18(2)11-22(15-8-7-12(20)9-16(15)24-18)10-17(23)21-14-6-4-3-5-13(14)19/h3-9H,10-11,20H2,1-2H3,(H,21,23). The van der Waals surface area contributed by atoms with Crippen LogP contribution in [0, 0.1) is 0 Å². The van der Waals surface area contributed by atoms with Crippen molar-refractivity contribution in [3.63, 3.8) is 0 Å². The minimum atomic E-state index is -0.411. The molecule has 0 aromatic heterocycles. The van der Waals surface area contributed by atoms with Crippen LogP contribution in [0.2, 0.25) is 5.02 Å². The maximum Gasteiger partial charge on any atom is 0.243 e. The van der Waals surface area contributed by atoms with Gasteiger partial charge in [-0.2, -0.15) is 0 Å². The van der Waals surface area contributed by atoms with Crippen molar-refractivity contribution in [3.05, 3.63) is 47.5 Å². The summed E-state index contributed by atoms with van der Waals surface area (Å²) in [5, 5.41) is 3.36. The largest absolute Gasteiger partial charge is 0.484 e. The Labute approximate surface area is 146 Å². The zero-order valence-electron chi connectivity index (χ0n) is 13.7. The summed E-state index contributed by atoms with van der Waals surface area (Å²) in [5.41, 5.74) is 7.53. The summed E-state index contributed by atoms with van der Waals surface area (Å²) < 4.78 is 5.97. The lowest BCUT2D eigenvalue weighted by Gasteiger charge is -2.40. The molecule has 0 saturated heterocycles. The van der Waals surface area contributed by atoms with Crippen molar-refractivity contribution in [2.24, 2.45) is 0 Å². The molecule has 0 fully saturated rings. The van der Waals surface area contributed by atoms with Gasteiger partial charge in [0.2, 0.25) is 5.91 Å². The van der Waals surface area contributed by atoms with E-state index in [4.69, 9.17) is 22.1 Å². The highest BCUT2D eigenvalue weighted by Gasteiger charge is 2.32. The average molecular weight is 346 g/mol. The number of benzene rings is 2. The number of hydrogen-bond donors (Lipinski definition) is 2. The Balaban J connectivity index is 1.79. The van der Waals surface area contributed by atoms with Gasteiger partial charge < -0.3 is 20.7 Å². The maximum atomic E-state index is 12.4. The third-order valence-electron chi connectivity index (χ3n) is 3.76. The molecule has 24 heavy (non-hydrogen) atoms. The van der Waals surface area contributed by atoms with E-state index in [1.807, 2.05) is 36.9 Å². The van der Waals surface area contributed by atoms with Gasteiger partial charge in [-0.05, 0) is 38.1 Å². The summed E-state index contributed by atoms with van der Waals surface area (Å²) in [6.45, 7) is 4.77. The fourth-order valence-corrected chi connectivity index (χ4v) is 3.00. The highest BCUT2D eigenvalue weighted by Crippen LogP contribution is 2.38. The smallest absolute Gasteiger partial charge is 0.243 e. The molecule has 3 rings (SSSR count). The van der Waals surface area contributed by atoms with E-state index in [1.165, 1.54) is 0 Å². The fraction of sp³-hybridized carbons (Fsp3) is 0.278. The van der Waals surface area contributed by atoms with Crippen molar-refractivity contribution in [1.29, 1.82) is 0 Å². The fourth-order valence-electron chi connectivity index (χ4n) is 2.82. The maximum absolute atomic E-state index is 12.4. The Morgan fingerprint density at radius 1 is 1.33 bits per heavy atom. The Kier molecular flexibility index (Phi) is 4.28. The highest BCUT2D eigenvalue weighted by molar-refractivity contribution is 6.33. The number of nitrogens with two attached hydrogens (primary N) is 1. The molecule has 6 heteroatoms. The van der Waals surface area contributed by atoms with Crippen molar-refractivity contribution < 1.29 is 9.53 Å². The van der Waals surface area contributed by atoms with E-state index in [1.54, 1.807) is 24.3 Å². The number of nitrogen functional groups attached to an aromatic ring is 1. The van der Waals surface area contributed by atoms with Gasteiger partial charge in [-0.15, -0.1) is 0 Å². The number of para-hydroxylation sites is 1. The Bertz CT molecular complexity index is 777. The van der Waals surface area contributed by atoms with E-state index in [2.05, 4.69) is 5.32 Å². The molecule has 2 aromatic carbocycles. The third kappa shape index (κ3) is 3.57. The second kappa shape index (κ2) is 6.24. The number of hydrogen-bond acceptors (Lipinski definition) is 4. The number of nitrogens with zero attached hydrogens (tertiary/aromatic N) is 1. The van der Waals surface area contributed by atoms with Crippen LogP contribution in [0.15, 0.2) is 42.5 Å². The van der Waals surface area contributed by atoms with E-state index in [-0.39, 0.29) is 12.5 Å². The Morgan fingerprint density at radius 3 is 2.83 bits per heavy atom. The molecule has 1 aliphatic rings. The molecule has 3 N–H and O–H groups in total. The SMILES string of the molecule is CC1(C)CN(CC(=O)Nc2ccccc2Cl)c2ccc(N)cc2O1. The first-order valence-corrected chi connectivity index (χ1v) is 8.10. The first kappa shape index (κ1) is 16.5. The summed E-state index contributed by atoms with van der Waals surface area (Å²) in [6.07, 6.45) is 0. The van der Waals surface area contributed by atoms with E-state index in [0.29, 0.717) is 28.7 Å². The van der Waals surface area contributed by atoms with Crippen LogP contribution < -0.4 is 20.7 Å². The molecular formula is C18H20ClN3O2. The molecule has 5 nitrogen and oxygen atoms in total. The lowest BCUT2D eigenvalue weighted by atomic mass is 10.0. The number of carbonyl (C=O) groups is 1. The third-order valence-corrected chi connectivity index (χ3v) is 4.09. The minimum absolute atomic E-state index is 0.136. The zero-order chi connectivity index (χ0) is 17.3. The van der Waals surface area contributed by atoms with Crippen LogP contribution in [-0.2, 0) is 4.79 Å². The van der Waals surface area contributed by atoms with Crippen LogP contribution in [0.3, 0.4) is 0 Å². The van der Waals surface area contributed by atoms with Crippen LogP contribution in [-0.4, -0.2) is 24.6 Å². The first-order chi connectivity index (χ1) is 11.3. The number of nitrogens with one attached hydrogen (secondary N) is 1. The van der Waals surface area contributed by atoms with Crippen LogP contribution >= 0.6 is 11.6 Å². The van der Waals surface area contributed by atoms with Crippen molar-refractivity contribution in [1.82, 2.24) is 0 Å². The van der Waals surface area contributed by atoms with Crippen LogP contribution in [0.1, 0.15) is 13.8 Å². The summed E-state index contributed by atoms with van der Waals surface area (Å²) in [5.74, 6) is 0.556. The van der Waals surface area contributed by atoms with Gasteiger partial charge >= 0.3 is 0 Å². The number of carbonyl (C=O) groups excluding carboxylic acids is 1. The van der Waals surface area contributed by atoms with Crippen LogP contribution in [0.25, 0.3) is 0 Å². The summed E-state index contributed by atoms with van der Waals surface area (Å²) in [7, 11) is 0. The second-order valence-electron chi connectivity index (χ2n) is 6.47. The lowest BCUT2D eigenvalue weighted by Crippen LogP contribution is -2.49. The number of anilines is 3. The molecule has 0 spiro atoms. The predicted octanol–water partition coefficient (Wildman–Crippen LogP) is 3.54. The summed E-state index contributed by atoms with van der Waals surface area (Å²) in [4.78, 5) is 14.4. The highest BCUT2D eigenvalue weighted by atomic mass is 35.5. The van der Waals surface area contributed by atoms with E-state index in [0.717, 1.165) is 5.69 Å². The second-order valence-corrected chi connectivity index (χ2v) is 6.88. The van der Waals surface area contributed by atoms with Gasteiger partial charge in [0.15, 0.2) is 0 Å². The van der Waals surface area contributed by atoms with Gasteiger partial charge in [0.1, 0.15) is 11.4 Å². The number of rotatable bonds is 3. The molecule has 0 aliphatic carbocycles. The van der Waals surface area contributed by atoms with Crippen molar-refractivity contribution in [2.45, 2.75) is 19.4 Å². The minimum Gasteiger partial charge on any atom is -0.484 e. The quantitative estimate of drug-likeness (QED) is 0.835. The number of amides is 1. The van der Waals surface area contributed by atoms with E-state index >= 15 is 0 Å². The normalized spacial score (nSPS) is 15.4. The van der Waals surface area contributed by atoms with E-state index < -0.39 is 5.60 Å². The molecule has 1 aliphatic heterocycles. The number of halogens is 1. The van der Waals surface area contributed by atoms with Gasteiger partial charge in [-0.25, -0.2) is 0 Å². The molecule has 1 heterocycles. The van der Waals surface area contributed by atoms with E-state index in [9.17, 15) is 4.79 Å². The monoisotopic (exact) mass is 345 g/mol. The van der Waals surface area contributed by atoms with Crippen molar-refractivity contribution >= 4 is 34.6 Å². The van der Waals surface area contributed by atoms with Crippen molar-refractivity contribution in [3.8, 4) is 5.75 Å². The average Bonchev–Trinajstić information content (AvgIpc) is 2.48. The Hall–Kier alpha value is -2.40. The molecule has 0 radical (unpaired) electrons. The Morgan fingerprint density at radius 2 is 2.08 bits per heavy atom.